The first kappa shape index (κ1) is 14.0. The van der Waals surface area contributed by atoms with Crippen LogP contribution in [-0.2, 0) is 0 Å². The Balaban J connectivity index is 2.24. The van der Waals surface area contributed by atoms with Gasteiger partial charge in [-0.05, 0) is 31.9 Å². The second-order valence-corrected chi connectivity index (χ2v) is 6.49. The van der Waals surface area contributed by atoms with Gasteiger partial charge < -0.3 is 5.32 Å². The summed E-state index contributed by atoms with van der Waals surface area (Å²) in [7, 11) is 0. The topological polar surface area (TPSA) is 24.4 Å². The Morgan fingerprint density at radius 3 is 2.67 bits per heavy atom. The summed E-state index contributed by atoms with van der Waals surface area (Å²) in [5.74, 6) is 1.07. The average molecular weight is 303 g/mol. The summed E-state index contributed by atoms with van der Waals surface area (Å²) < 4.78 is 0. The predicted molar refractivity (Wildman–Crippen MR) is 83.3 cm³/mol. The molecule has 2 rings (SSSR count). The van der Waals surface area contributed by atoms with Gasteiger partial charge in [0, 0.05) is 5.75 Å². The largest absolute Gasteiger partial charge is 0.333 e. The molecule has 1 heterocycles. The number of amidine groups is 1. The molecule has 2 nitrogen and oxygen atoms in total. The van der Waals surface area contributed by atoms with Crippen LogP contribution in [0.1, 0.15) is 26.7 Å². The molecule has 1 aliphatic rings. The van der Waals surface area contributed by atoms with E-state index in [1.54, 1.807) is 11.8 Å². The van der Waals surface area contributed by atoms with Gasteiger partial charge in [-0.1, -0.05) is 48.0 Å². The third-order valence-corrected chi connectivity index (χ3v) is 4.71. The van der Waals surface area contributed by atoms with Crippen LogP contribution in [0.5, 0.6) is 0 Å². The Morgan fingerprint density at radius 2 is 2.06 bits per heavy atom. The Morgan fingerprint density at radius 1 is 1.39 bits per heavy atom. The van der Waals surface area contributed by atoms with Gasteiger partial charge >= 0.3 is 0 Å². The van der Waals surface area contributed by atoms with Crippen molar-refractivity contribution >= 4 is 45.8 Å². The van der Waals surface area contributed by atoms with Crippen LogP contribution in [0.2, 0.25) is 10.0 Å². The van der Waals surface area contributed by atoms with Crippen molar-refractivity contribution < 1.29 is 0 Å². The van der Waals surface area contributed by atoms with Gasteiger partial charge in [0.15, 0.2) is 5.17 Å². The van der Waals surface area contributed by atoms with E-state index < -0.39 is 0 Å². The third kappa shape index (κ3) is 3.14. The van der Waals surface area contributed by atoms with Gasteiger partial charge in [-0.25, -0.2) is 0 Å². The van der Waals surface area contributed by atoms with Crippen molar-refractivity contribution in [1.29, 1.82) is 0 Å². The minimum atomic E-state index is 0.0291. The molecule has 1 unspecified atom stereocenters. The number of hydrogen-bond donors (Lipinski definition) is 1. The number of para-hydroxylation sites is 1. The summed E-state index contributed by atoms with van der Waals surface area (Å²) in [5, 5.41) is 5.40. The molecular weight excluding hydrogens is 287 g/mol. The first-order valence-electron chi connectivity index (χ1n) is 5.98. The number of nitrogens with one attached hydrogen (secondary N) is 1. The first-order chi connectivity index (χ1) is 8.54. The highest BCUT2D eigenvalue weighted by molar-refractivity contribution is 8.14. The number of benzene rings is 1. The first-order valence-corrected chi connectivity index (χ1v) is 7.72. The van der Waals surface area contributed by atoms with E-state index >= 15 is 0 Å². The zero-order valence-electron chi connectivity index (χ0n) is 10.5. The van der Waals surface area contributed by atoms with Crippen molar-refractivity contribution in [2.45, 2.75) is 32.2 Å². The average Bonchev–Trinajstić information content (AvgIpc) is 2.34. The van der Waals surface area contributed by atoms with Crippen molar-refractivity contribution in [3.8, 4) is 0 Å². The molecule has 0 bridgehead atoms. The number of aliphatic imine (C=N–C) groups is 1. The lowest BCUT2D eigenvalue weighted by atomic mass is 9.97. The standard InChI is InChI=1S/C13H16Cl2N2S/c1-3-13(2)7-8-18-12(17-13)16-11-9(14)5-4-6-10(11)15/h4-6H,3,7-8H2,1-2H3,(H,16,17). The molecule has 98 valence electrons. The molecule has 0 aliphatic carbocycles. The lowest BCUT2D eigenvalue weighted by Gasteiger charge is -2.29. The Hall–Kier alpha value is -0.380. The van der Waals surface area contributed by atoms with Crippen LogP contribution in [0.3, 0.4) is 0 Å². The van der Waals surface area contributed by atoms with Crippen LogP contribution >= 0.6 is 35.0 Å². The third-order valence-electron chi connectivity index (χ3n) is 3.21. The van der Waals surface area contributed by atoms with Gasteiger partial charge in [0.25, 0.3) is 0 Å². The monoisotopic (exact) mass is 302 g/mol. The van der Waals surface area contributed by atoms with Gasteiger partial charge in [0.05, 0.1) is 21.3 Å². The van der Waals surface area contributed by atoms with Crippen LogP contribution < -0.4 is 5.32 Å². The van der Waals surface area contributed by atoms with Crippen molar-refractivity contribution in [2.24, 2.45) is 4.99 Å². The van der Waals surface area contributed by atoms with E-state index in [1.807, 2.05) is 18.2 Å². The van der Waals surface area contributed by atoms with E-state index in [1.165, 1.54) is 0 Å². The second kappa shape index (κ2) is 5.72. The molecule has 1 N–H and O–H groups in total. The predicted octanol–water partition coefficient (Wildman–Crippen LogP) is 5.07. The van der Waals surface area contributed by atoms with E-state index in [-0.39, 0.29) is 5.54 Å². The van der Waals surface area contributed by atoms with E-state index in [2.05, 4.69) is 19.2 Å². The summed E-state index contributed by atoms with van der Waals surface area (Å²) in [5.41, 5.74) is 0.772. The zero-order chi connectivity index (χ0) is 13.2. The summed E-state index contributed by atoms with van der Waals surface area (Å²) >= 11 is 14.0. The number of halogens is 2. The number of hydrogen-bond acceptors (Lipinski definition) is 3. The highest BCUT2D eigenvalue weighted by atomic mass is 35.5. The molecule has 0 radical (unpaired) electrons. The fourth-order valence-corrected chi connectivity index (χ4v) is 3.43. The van der Waals surface area contributed by atoms with E-state index in [0.29, 0.717) is 10.0 Å². The van der Waals surface area contributed by atoms with Crippen LogP contribution in [0, 0.1) is 0 Å². The van der Waals surface area contributed by atoms with Gasteiger partial charge in [0.2, 0.25) is 0 Å². The molecule has 0 spiro atoms. The zero-order valence-corrected chi connectivity index (χ0v) is 12.8. The summed E-state index contributed by atoms with van der Waals surface area (Å²) in [6.07, 6.45) is 2.14. The normalized spacial score (nSPS) is 23.7. The highest BCUT2D eigenvalue weighted by Crippen LogP contribution is 2.34. The number of nitrogens with zero attached hydrogens (tertiary/aromatic N) is 1. The van der Waals surface area contributed by atoms with Crippen LogP contribution in [0.4, 0.5) is 5.69 Å². The lowest BCUT2D eigenvalue weighted by molar-refractivity contribution is 0.443. The van der Waals surface area contributed by atoms with E-state index in [9.17, 15) is 0 Å². The van der Waals surface area contributed by atoms with Crippen molar-refractivity contribution in [1.82, 2.24) is 0 Å². The van der Waals surface area contributed by atoms with E-state index in [0.717, 1.165) is 29.4 Å². The molecule has 5 heteroatoms. The SMILES string of the molecule is CCC1(C)CCSC(Nc2c(Cl)cccc2Cl)=N1. The fraction of sp³-hybridized carbons (Fsp3) is 0.462. The molecule has 0 saturated carbocycles. The molecule has 1 aromatic carbocycles. The summed E-state index contributed by atoms with van der Waals surface area (Å²) in [4.78, 5) is 4.76. The molecule has 0 saturated heterocycles. The smallest absolute Gasteiger partial charge is 0.161 e. The van der Waals surface area contributed by atoms with E-state index in [4.69, 9.17) is 28.2 Å². The van der Waals surface area contributed by atoms with Gasteiger partial charge in [-0.3, -0.25) is 4.99 Å². The van der Waals surface area contributed by atoms with Crippen LogP contribution in [0.15, 0.2) is 23.2 Å². The van der Waals surface area contributed by atoms with Gasteiger partial charge in [-0.2, -0.15) is 0 Å². The molecule has 0 fully saturated rings. The van der Waals surface area contributed by atoms with Gasteiger partial charge in [0.1, 0.15) is 0 Å². The maximum Gasteiger partial charge on any atom is 0.161 e. The molecule has 1 aliphatic heterocycles. The van der Waals surface area contributed by atoms with Crippen LogP contribution in [0.25, 0.3) is 0 Å². The quantitative estimate of drug-likeness (QED) is 0.825. The molecule has 0 amide bonds. The van der Waals surface area contributed by atoms with Crippen LogP contribution in [-0.4, -0.2) is 16.5 Å². The minimum Gasteiger partial charge on any atom is -0.333 e. The highest BCUT2D eigenvalue weighted by Gasteiger charge is 2.26. The lowest BCUT2D eigenvalue weighted by Crippen LogP contribution is -2.29. The Kier molecular flexibility index (Phi) is 4.46. The fourth-order valence-electron chi connectivity index (χ4n) is 1.74. The molecule has 1 aromatic rings. The summed E-state index contributed by atoms with van der Waals surface area (Å²) in [6, 6.07) is 5.48. The number of thioether (sulfide) groups is 1. The maximum absolute atomic E-state index is 6.14. The van der Waals surface area contributed by atoms with Crippen molar-refractivity contribution in [3.63, 3.8) is 0 Å². The molecule has 18 heavy (non-hydrogen) atoms. The van der Waals surface area contributed by atoms with Gasteiger partial charge in [-0.15, -0.1) is 0 Å². The number of rotatable bonds is 2. The van der Waals surface area contributed by atoms with Crippen molar-refractivity contribution in [3.05, 3.63) is 28.2 Å². The molecule has 1 atom stereocenters. The minimum absolute atomic E-state index is 0.0291. The molecule has 0 aromatic heterocycles. The maximum atomic E-state index is 6.14. The molecular formula is C13H16Cl2N2S. The Bertz CT molecular complexity index is 456. The summed E-state index contributed by atoms with van der Waals surface area (Å²) in [6.45, 7) is 4.35. The second-order valence-electron chi connectivity index (χ2n) is 4.59. The Labute approximate surface area is 122 Å². The number of anilines is 1. The van der Waals surface area contributed by atoms with Crippen molar-refractivity contribution in [2.75, 3.05) is 11.1 Å².